The van der Waals surface area contributed by atoms with Crippen molar-refractivity contribution in [3.05, 3.63) is 58.1 Å². The topological polar surface area (TPSA) is 101 Å². The molecule has 0 bridgehead atoms. The number of hydrogen-bond donors (Lipinski definition) is 2. The van der Waals surface area contributed by atoms with E-state index in [4.69, 9.17) is 0 Å². The van der Waals surface area contributed by atoms with Gasteiger partial charge in [0, 0.05) is 21.9 Å². The number of amides is 2. The number of nitrogens with one attached hydrogen (secondary N) is 2. The molecule has 0 fully saturated rings. The molecule has 2 amide bonds. The highest BCUT2D eigenvalue weighted by atomic mass is 79.9. The number of benzene rings is 1. The van der Waals surface area contributed by atoms with E-state index in [0.717, 1.165) is 10.2 Å². The molecule has 2 heterocycles. The van der Waals surface area contributed by atoms with Gasteiger partial charge >= 0.3 is 5.91 Å². The lowest BCUT2D eigenvalue weighted by molar-refractivity contribution is 0.0841. The van der Waals surface area contributed by atoms with Crippen LogP contribution in [0.25, 0.3) is 5.78 Å². The van der Waals surface area contributed by atoms with Crippen LogP contribution in [0, 0.1) is 6.92 Å². The summed E-state index contributed by atoms with van der Waals surface area (Å²) in [4.78, 5) is 32.0. The number of hydrazine groups is 1. The van der Waals surface area contributed by atoms with Crippen LogP contribution in [-0.4, -0.2) is 31.4 Å². The Bertz CT molecular complexity index is 890. The van der Waals surface area contributed by atoms with Crippen molar-refractivity contribution in [1.82, 2.24) is 30.4 Å². The van der Waals surface area contributed by atoms with E-state index in [0.29, 0.717) is 11.3 Å². The average Bonchev–Trinajstić information content (AvgIpc) is 2.99. The highest BCUT2D eigenvalue weighted by molar-refractivity contribution is 9.10. The lowest BCUT2D eigenvalue weighted by Gasteiger charge is -2.05. The van der Waals surface area contributed by atoms with E-state index in [1.165, 1.54) is 4.52 Å². The van der Waals surface area contributed by atoms with E-state index >= 15 is 0 Å². The maximum absolute atomic E-state index is 12.0. The van der Waals surface area contributed by atoms with Crippen LogP contribution in [0.4, 0.5) is 0 Å². The predicted octanol–water partition coefficient (Wildman–Crippen LogP) is 1.27. The molecular formula is C14H11BrN6O2. The minimum absolute atomic E-state index is 0.0806. The molecular weight excluding hydrogens is 364 g/mol. The van der Waals surface area contributed by atoms with Gasteiger partial charge in [-0.05, 0) is 37.3 Å². The summed E-state index contributed by atoms with van der Waals surface area (Å²) in [5, 5.41) is 4.05. The highest BCUT2D eigenvalue weighted by Crippen LogP contribution is 2.10. The summed E-state index contributed by atoms with van der Waals surface area (Å²) < 4.78 is 2.31. The first kappa shape index (κ1) is 15.1. The molecule has 0 atom stereocenters. The Labute approximate surface area is 139 Å². The van der Waals surface area contributed by atoms with Crippen LogP contribution in [0.15, 0.2) is 41.0 Å². The lowest BCUT2D eigenvalue weighted by atomic mass is 10.2. The Hall–Kier alpha value is -2.81. The zero-order chi connectivity index (χ0) is 16.4. The van der Waals surface area contributed by atoms with E-state index in [2.05, 4.69) is 41.8 Å². The number of rotatable bonds is 2. The molecule has 0 radical (unpaired) electrons. The van der Waals surface area contributed by atoms with Gasteiger partial charge in [-0.3, -0.25) is 20.4 Å². The summed E-state index contributed by atoms with van der Waals surface area (Å²) in [5.41, 5.74) is 5.79. The third kappa shape index (κ3) is 3.19. The quantitative estimate of drug-likeness (QED) is 0.657. The third-order valence-electron chi connectivity index (χ3n) is 3.03. The predicted molar refractivity (Wildman–Crippen MR) is 84.6 cm³/mol. The lowest BCUT2D eigenvalue weighted by Crippen LogP contribution is -2.42. The summed E-state index contributed by atoms with van der Waals surface area (Å²) in [5.74, 6) is -0.832. The average molecular weight is 375 g/mol. The van der Waals surface area contributed by atoms with E-state index in [1.54, 1.807) is 36.5 Å². The smallest absolute Gasteiger partial charge is 0.267 e. The molecule has 0 unspecified atom stereocenters. The van der Waals surface area contributed by atoms with E-state index < -0.39 is 11.8 Å². The number of carbonyl (C=O) groups excluding carboxylic acids is 2. The van der Waals surface area contributed by atoms with Gasteiger partial charge in [-0.1, -0.05) is 15.9 Å². The normalized spacial score (nSPS) is 10.5. The molecule has 0 spiro atoms. The van der Waals surface area contributed by atoms with Gasteiger partial charge in [0.05, 0.1) is 0 Å². The molecule has 0 aliphatic rings. The zero-order valence-corrected chi connectivity index (χ0v) is 13.5. The van der Waals surface area contributed by atoms with Crippen LogP contribution in [0.2, 0.25) is 0 Å². The van der Waals surface area contributed by atoms with Crippen LogP contribution in [0.5, 0.6) is 0 Å². The first-order valence-corrected chi connectivity index (χ1v) is 7.38. The number of aryl methyl sites for hydroxylation is 1. The molecule has 3 aromatic rings. The molecule has 0 aliphatic heterocycles. The number of hydrogen-bond acceptors (Lipinski definition) is 5. The fourth-order valence-corrected chi connectivity index (χ4v) is 2.11. The molecule has 2 N–H and O–H groups in total. The maximum Gasteiger partial charge on any atom is 0.309 e. The fraction of sp³-hybridized carbons (Fsp3) is 0.0714. The summed E-state index contributed by atoms with van der Waals surface area (Å²) in [6.45, 7) is 1.82. The first-order valence-electron chi connectivity index (χ1n) is 6.59. The summed E-state index contributed by atoms with van der Waals surface area (Å²) in [7, 11) is 0. The molecule has 2 aromatic heterocycles. The second-order valence-electron chi connectivity index (χ2n) is 4.65. The van der Waals surface area contributed by atoms with Crippen molar-refractivity contribution in [3.8, 4) is 0 Å². The largest absolute Gasteiger partial charge is 0.309 e. The van der Waals surface area contributed by atoms with E-state index in [-0.39, 0.29) is 5.82 Å². The highest BCUT2D eigenvalue weighted by Gasteiger charge is 2.15. The molecule has 116 valence electrons. The minimum atomic E-state index is -0.625. The number of fused-ring (bicyclic) bond motifs is 1. The summed E-state index contributed by atoms with van der Waals surface area (Å²) >= 11 is 3.28. The monoisotopic (exact) mass is 374 g/mol. The van der Waals surface area contributed by atoms with Gasteiger partial charge in [0.1, 0.15) is 0 Å². The number of aromatic nitrogens is 4. The van der Waals surface area contributed by atoms with Crippen LogP contribution < -0.4 is 10.9 Å². The maximum atomic E-state index is 12.0. The van der Waals surface area contributed by atoms with Crippen LogP contribution in [0.3, 0.4) is 0 Å². The summed E-state index contributed by atoms with van der Waals surface area (Å²) in [6.07, 6.45) is 1.58. The third-order valence-corrected chi connectivity index (χ3v) is 3.56. The van der Waals surface area contributed by atoms with Gasteiger partial charge in [-0.15, -0.1) is 5.10 Å². The molecule has 9 heteroatoms. The molecule has 3 rings (SSSR count). The molecule has 8 nitrogen and oxygen atoms in total. The van der Waals surface area contributed by atoms with Gasteiger partial charge in [0.2, 0.25) is 5.82 Å². The van der Waals surface area contributed by atoms with Crippen molar-refractivity contribution in [3.63, 3.8) is 0 Å². The standard InChI is InChI=1S/C14H11BrN6O2/c1-8-6-7-16-14-17-11(20-21(8)14)13(23)19-18-12(22)9-2-4-10(15)5-3-9/h2-7H,1H3,(H,18,22)(H,19,23). The van der Waals surface area contributed by atoms with Gasteiger partial charge in [-0.2, -0.15) is 4.98 Å². The van der Waals surface area contributed by atoms with Crippen LogP contribution in [-0.2, 0) is 0 Å². The Morgan fingerprint density at radius 3 is 2.48 bits per heavy atom. The Kier molecular flexibility index (Phi) is 4.02. The fourth-order valence-electron chi connectivity index (χ4n) is 1.85. The van der Waals surface area contributed by atoms with Crippen molar-refractivity contribution >= 4 is 33.5 Å². The van der Waals surface area contributed by atoms with E-state index in [1.807, 2.05) is 6.92 Å². The summed E-state index contributed by atoms with van der Waals surface area (Å²) in [6, 6.07) is 8.46. The first-order chi connectivity index (χ1) is 11.0. The van der Waals surface area contributed by atoms with Gasteiger partial charge in [0.15, 0.2) is 0 Å². The Morgan fingerprint density at radius 1 is 1.09 bits per heavy atom. The Balaban J connectivity index is 1.69. The van der Waals surface area contributed by atoms with Crippen LogP contribution >= 0.6 is 15.9 Å². The van der Waals surface area contributed by atoms with Crippen molar-refractivity contribution in [2.24, 2.45) is 0 Å². The van der Waals surface area contributed by atoms with E-state index in [9.17, 15) is 9.59 Å². The molecule has 0 saturated carbocycles. The van der Waals surface area contributed by atoms with Crippen molar-refractivity contribution < 1.29 is 9.59 Å². The Morgan fingerprint density at radius 2 is 1.78 bits per heavy atom. The SMILES string of the molecule is Cc1ccnc2nc(C(=O)NNC(=O)c3ccc(Br)cc3)nn12. The zero-order valence-electron chi connectivity index (χ0n) is 11.9. The van der Waals surface area contributed by atoms with Crippen molar-refractivity contribution in [2.45, 2.75) is 6.92 Å². The molecule has 0 saturated heterocycles. The van der Waals surface area contributed by atoms with Crippen molar-refractivity contribution in [2.75, 3.05) is 0 Å². The second-order valence-corrected chi connectivity index (χ2v) is 5.56. The molecule has 23 heavy (non-hydrogen) atoms. The van der Waals surface area contributed by atoms with Crippen molar-refractivity contribution in [1.29, 1.82) is 0 Å². The number of nitrogens with zero attached hydrogens (tertiary/aromatic N) is 4. The number of carbonyl (C=O) groups is 2. The van der Waals surface area contributed by atoms with Gasteiger partial charge < -0.3 is 0 Å². The second kappa shape index (κ2) is 6.13. The van der Waals surface area contributed by atoms with Gasteiger partial charge in [0.25, 0.3) is 11.7 Å². The number of halogens is 1. The van der Waals surface area contributed by atoms with Gasteiger partial charge in [-0.25, -0.2) is 9.50 Å². The van der Waals surface area contributed by atoms with Crippen LogP contribution in [0.1, 0.15) is 26.7 Å². The molecule has 0 aliphatic carbocycles. The molecule has 1 aromatic carbocycles. The minimum Gasteiger partial charge on any atom is -0.267 e.